The highest BCUT2D eigenvalue weighted by molar-refractivity contribution is 9.10. The lowest BCUT2D eigenvalue weighted by atomic mass is 9.77. The zero-order chi connectivity index (χ0) is 15.8. The van der Waals surface area contributed by atoms with Crippen LogP contribution in [0.15, 0.2) is 28.1 Å². The van der Waals surface area contributed by atoms with Crippen LogP contribution in [-0.2, 0) is 9.31 Å². The van der Waals surface area contributed by atoms with Crippen molar-refractivity contribution in [2.24, 2.45) is 0 Å². The topological polar surface area (TPSA) is 38.7 Å². The van der Waals surface area contributed by atoms with E-state index in [0.717, 1.165) is 10.0 Å². The molecule has 0 spiro atoms. The molecule has 21 heavy (non-hydrogen) atoms. The van der Waals surface area contributed by atoms with Crippen molar-refractivity contribution in [1.29, 1.82) is 0 Å². The van der Waals surface area contributed by atoms with Crippen LogP contribution in [0.25, 0.3) is 6.08 Å². The first-order valence-electron chi connectivity index (χ1n) is 6.78. The van der Waals surface area contributed by atoms with Gasteiger partial charge in [-0.1, -0.05) is 33.6 Å². The fourth-order valence-corrected chi connectivity index (χ4v) is 2.55. The maximum atomic E-state index is 9.67. The lowest BCUT2D eigenvalue weighted by Gasteiger charge is -2.32. The molecule has 1 aromatic rings. The molecule has 1 aromatic carbocycles. The van der Waals surface area contributed by atoms with Crippen molar-refractivity contribution in [3.8, 4) is 0 Å². The summed E-state index contributed by atoms with van der Waals surface area (Å²) < 4.78 is 12.8. The molecule has 2 rings (SSSR count). The normalized spacial score (nSPS) is 20.9. The van der Waals surface area contributed by atoms with Gasteiger partial charge in [-0.3, -0.25) is 0 Å². The van der Waals surface area contributed by atoms with Gasteiger partial charge >= 0.3 is 7.12 Å². The molecule has 1 N–H and O–H groups in total. The third kappa shape index (κ3) is 3.54. The maximum absolute atomic E-state index is 9.67. The van der Waals surface area contributed by atoms with E-state index in [4.69, 9.17) is 20.9 Å². The van der Waals surface area contributed by atoms with E-state index >= 15 is 0 Å². The van der Waals surface area contributed by atoms with Crippen LogP contribution in [-0.4, -0.2) is 30.0 Å². The van der Waals surface area contributed by atoms with E-state index in [1.54, 1.807) is 6.07 Å². The molecule has 1 aliphatic heterocycles. The second-order valence-corrected chi connectivity index (χ2v) is 7.42. The van der Waals surface area contributed by atoms with Crippen molar-refractivity contribution in [3.05, 3.63) is 38.7 Å². The van der Waals surface area contributed by atoms with Gasteiger partial charge < -0.3 is 14.4 Å². The molecule has 3 nitrogen and oxygen atoms in total. The van der Waals surface area contributed by atoms with E-state index in [9.17, 15) is 5.11 Å². The van der Waals surface area contributed by atoms with Crippen molar-refractivity contribution in [2.45, 2.75) is 38.9 Å². The summed E-state index contributed by atoms with van der Waals surface area (Å²) in [6.07, 6.45) is 1.85. The Morgan fingerprint density at radius 3 is 2.38 bits per heavy atom. The van der Waals surface area contributed by atoms with E-state index in [2.05, 4.69) is 15.9 Å². The lowest BCUT2D eigenvalue weighted by Crippen LogP contribution is -2.41. The molecule has 6 heteroatoms. The van der Waals surface area contributed by atoms with Crippen molar-refractivity contribution >= 4 is 40.7 Å². The fourth-order valence-electron chi connectivity index (χ4n) is 2.01. The summed E-state index contributed by atoms with van der Waals surface area (Å²) in [7, 11) is -0.564. The van der Waals surface area contributed by atoms with Crippen LogP contribution in [0.3, 0.4) is 0 Å². The Morgan fingerprint density at radius 1 is 1.29 bits per heavy atom. The second kappa shape index (κ2) is 6.05. The molecule has 0 radical (unpaired) electrons. The second-order valence-electron chi connectivity index (χ2n) is 6.13. The molecule has 1 saturated heterocycles. The first-order chi connectivity index (χ1) is 9.66. The number of hydrogen-bond acceptors (Lipinski definition) is 3. The minimum atomic E-state index is -0.564. The SMILES string of the molecule is CC1(C)OB(C(=Cc2cc(Cl)ccc2Br)CO)OC1(C)C. The Kier molecular flexibility index (Phi) is 4.91. The van der Waals surface area contributed by atoms with Gasteiger partial charge in [-0.25, -0.2) is 0 Å². The number of hydrogen-bond donors (Lipinski definition) is 1. The first-order valence-corrected chi connectivity index (χ1v) is 7.95. The van der Waals surface area contributed by atoms with Gasteiger partial charge in [0.05, 0.1) is 17.8 Å². The van der Waals surface area contributed by atoms with Gasteiger partial charge in [0.2, 0.25) is 0 Å². The Hall–Kier alpha value is -0.325. The summed E-state index contributed by atoms with van der Waals surface area (Å²) in [5, 5.41) is 10.3. The number of aliphatic hydroxyl groups is 1. The molecule has 0 bridgehead atoms. The van der Waals surface area contributed by atoms with Crippen molar-refractivity contribution in [2.75, 3.05) is 6.61 Å². The van der Waals surface area contributed by atoms with Crippen LogP contribution >= 0.6 is 27.5 Å². The zero-order valence-electron chi connectivity index (χ0n) is 12.6. The van der Waals surface area contributed by atoms with Crippen molar-refractivity contribution in [3.63, 3.8) is 0 Å². The average Bonchev–Trinajstić information content (AvgIpc) is 2.59. The molecule has 114 valence electrons. The van der Waals surface area contributed by atoms with E-state index < -0.39 is 18.3 Å². The summed E-state index contributed by atoms with van der Waals surface area (Å²) in [5.41, 5.74) is 0.674. The van der Waals surface area contributed by atoms with Gasteiger partial charge in [-0.05, 0) is 56.9 Å². The van der Waals surface area contributed by atoms with Crippen LogP contribution in [0, 0.1) is 0 Å². The summed E-state index contributed by atoms with van der Waals surface area (Å²) in [4.78, 5) is 0. The predicted octanol–water partition coefficient (Wildman–Crippen LogP) is 4.11. The Balaban J connectivity index is 2.33. The van der Waals surface area contributed by atoms with Crippen LogP contribution in [0.1, 0.15) is 33.3 Å². The molecular formula is C15H19BBrClO3. The molecule has 0 aliphatic carbocycles. The molecular weight excluding hydrogens is 354 g/mol. The molecule has 0 amide bonds. The minimum absolute atomic E-state index is 0.143. The molecule has 1 aliphatic rings. The zero-order valence-corrected chi connectivity index (χ0v) is 15.0. The fraction of sp³-hybridized carbons (Fsp3) is 0.467. The van der Waals surface area contributed by atoms with E-state index in [0.29, 0.717) is 10.5 Å². The van der Waals surface area contributed by atoms with E-state index in [-0.39, 0.29) is 6.61 Å². The summed E-state index contributed by atoms with van der Waals surface area (Å²) in [6.45, 7) is 7.79. The van der Waals surface area contributed by atoms with Crippen LogP contribution in [0.4, 0.5) is 0 Å². The maximum Gasteiger partial charge on any atom is 0.492 e. The monoisotopic (exact) mass is 372 g/mol. The molecule has 1 fully saturated rings. The Labute approximate surface area is 139 Å². The van der Waals surface area contributed by atoms with Gasteiger partial charge in [0.1, 0.15) is 0 Å². The number of aliphatic hydroxyl groups excluding tert-OH is 1. The molecule has 0 atom stereocenters. The summed E-state index contributed by atoms with van der Waals surface area (Å²) >= 11 is 9.49. The number of halogens is 2. The highest BCUT2D eigenvalue weighted by Crippen LogP contribution is 2.39. The van der Waals surface area contributed by atoms with Crippen molar-refractivity contribution in [1.82, 2.24) is 0 Å². The highest BCUT2D eigenvalue weighted by atomic mass is 79.9. The third-order valence-electron chi connectivity index (χ3n) is 4.04. The summed E-state index contributed by atoms with van der Waals surface area (Å²) in [5.74, 6) is 0. The average molecular weight is 373 g/mol. The van der Waals surface area contributed by atoms with Crippen LogP contribution in [0.2, 0.25) is 5.02 Å². The number of benzene rings is 1. The van der Waals surface area contributed by atoms with E-state index in [1.165, 1.54) is 0 Å². The molecule has 1 heterocycles. The summed E-state index contributed by atoms with van der Waals surface area (Å²) in [6, 6.07) is 5.50. The predicted molar refractivity (Wildman–Crippen MR) is 90.3 cm³/mol. The minimum Gasteiger partial charge on any atom is -0.400 e. The van der Waals surface area contributed by atoms with Crippen LogP contribution < -0.4 is 0 Å². The lowest BCUT2D eigenvalue weighted by molar-refractivity contribution is 0.00578. The van der Waals surface area contributed by atoms with Crippen LogP contribution in [0.5, 0.6) is 0 Å². The van der Waals surface area contributed by atoms with Gasteiger partial charge in [0.15, 0.2) is 0 Å². The van der Waals surface area contributed by atoms with Gasteiger partial charge in [0.25, 0.3) is 0 Å². The van der Waals surface area contributed by atoms with Gasteiger partial charge in [-0.2, -0.15) is 0 Å². The third-order valence-corrected chi connectivity index (χ3v) is 4.99. The van der Waals surface area contributed by atoms with Gasteiger partial charge in [0, 0.05) is 9.50 Å². The molecule has 0 unspecified atom stereocenters. The van der Waals surface area contributed by atoms with Gasteiger partial charge in [-0.15, -0.1) is 0 Å². The Morgan fingerprint density at radius 2 is 1.86 bits per heavy atom. The smallest absolute Gasteiger partial charge is 0.400 e. The largest absolute Gasteiger partial charge is 0.492 e. The van der Waals surface area contributed by atoms with E-state index in [1.807, 2.05) is 45.9 Å². The highest BCUT2D eigenvalue weighted by Gasteiger charge is 2.52. The quantitative estimate of drug-likeness (QED) is 0.811. The number of rotatable bonds is 3. The first kappa shape index (κ1) is 17.0. The Bertz CT molecular complexity index is 556. The molecule has 0 saturated carbocycles. The van der Waals surface area contributed by atoms with Crippen molar-refractivity contribution < 1.29 is 14.4 Å². The standard InChI is InChI=1S/C15H19BBrClO3/c1-14(2)15(3,4)21-16(20-14)11(9-19)7-10-8-12(18)5-6-13(10)17/h5-8,19H,9H2,1-4H3. The molecule has 0 aromatic heterocycles.